The Morgan fingerprint density at radius 2 is 1.26 bits per heavy atom. The minimum absolute atomic E-state index is 0.0723. The Kier molecular flexibility index (Phi) is 6.37. The van der Waals surface area contributed by atoms with E-state index < -0.39 is 5.92 Å². The molecule has 1 N–H and O–H groups in total. The van der Waals surface area contributed by atoms with Gasteiger partial charge in [-0.1, -0.05) is 109 Å². The van der Waals surface area contributed by atoms with Crippen LogP contribution < -0.4 is 9.64 Å². The van der Waals surface area contributed by atoms with Crippen molar-refractivity contribution in [3.8, 4) is 11.5 Å². The number of carbonyl (C=O) groups is 1. The maximum Gasteiger partial charge on any atom is 0.240 e. The third kappa shape index (κ3) is 4.41. The summed E-state index contributed by atoms with van der Waals surface area (Å²) in [7, 11) is 0. The number of phenols is 1. The molecule has 5 aromatic rings. The quantitative estimate of drug-likeness (QED) is 0.258. The molecule has 5 aromatic carbocycles. The maximum absolute atomic E-state index is 14.4. The Bertz CT molecular complexity index is 1510. The first-order valence-corrected chi connectivity index (χ1v) is 12.7. The number of para-hydroxylation sites is 1. The first-order chi connectivity index (χ1) is 18.7. The highest BCUT2D eigenvalue weighted by Gasteiger charge is 2.43. The third-order valence-electron chi connectivity index (χ3n) is 7.04. The number of benzene rings is 5. The average molecular weight is 498 g/mol. The Morgan fingerprint density at radius 1 is 0.684 bits per heavy atom. The molecule has 4 nitrogen and oxygen atoms in total. The zero-order valence-electron chi connectivity index (χ0n) is 20.8. The van der Waals surface area contributed by atoms with Crippen molar-refractivity contribution in [2.45, 2.75) is 18.6 Å². The van der Waals surface area contributed by atoms with Gasteiger partial charge in [-0.25, -0.2) is 0 Å². The second kappa shape index (κ2) is 10.3. The molecule has 1 aliphatic rings. The zero-order chi connectivity index (χ0) is 25.9. The third-order valence-corrected chi connectivity index (χ3v) is 7.04. The number of amides is 1. The van der Waals surface area contributed by atoms with E-state index in [0.29, 0.717) is 17.9 Å². The van der Waals surface area contributed by atoms with Gasteiger partial charge in [-0.05, 0) is 46.5 Å². The SMILES string of the molecule is O=C1C(c2cc(OCc3ccccc3)ccc2O)c2ccccc2N1C(c1ccccc1)c1ccccc1. The van der Waals surface area contributed by atoms with E-state index in [1.54, 1.807) is 18.2 Å². The summed E-state index contributed by atoms with van der Waals surface area (Å²) in [6.45, 7) is 0.399. The topological polar surface area (TPSA) is 49.8 Å². The number of hydrogen-bond donors (Lipinski definition) is 1. The van der Waals surface area contributed by atoms with Crippen molar-refractivity contribution >= 4 is 11.6 Å². The summed E-state index contributed by atoms with van der Waals surface area (Å²) in [6.07, 6.45) is 0. The Morgan fingerprint density at radius 3 is 1.92 bits per heavy atom. The van der Waals surface area contributed by atoms with E-state index in [-0.39, 0.29) is 17.7 Å². The van der Waals surface area contributed by atoms with E-state index in [1.165, 1.54) is 0 Å². The molecule has 4 heteroatoms. The fourth-order valence-corrected chi connectivity index (χ4v) is 5.26. The van der Waals surface area contributed by atoms with E-state index in [0.717, 1.165) is 27.9 Å². The van der Waals surface area contributed by atoms with E-state index >= 15 is 0 Å². The molecule has 0 spiro atoms. The van der Waals surface area contributed by atoms with Crippen LogP contribution in [0.25, 0.3) is 0 Å². The Hall–Kier alpha value is -4.83. The maximum atomic E-state index is 14.4. The van der Waals surface area contributed by atoms with Gasteiger partial charge < -0.3 is 9.84 Å². The number of phenolic OH excluding ortho intramolecular Hbond substituents is 1. The standard InChI is InChI=1S/C34H27NO3/c36-31-21-20-27(38-23-24-12-4-1-5-13-24)22-29(31)32-28-18-10-11-19-30(28)35(34(32)37)33(25-14-6-2-7-15-25)26-16-8-3-9-17-26/h1-22,32-33,36H,23H2. The van der Waals surface area contributed by atoms with Gasteiger partial charge >= 0.3 is 0 Å². The highest BCUT2D eigenvalue weighted by molar-refractivity contribution is 6.08. The van der Waals surface area contributed by atoms with E-state index in [1.807, 2.05) is 95.9 Å². The predicted octanol–water partition coefficient (Wildman–Crippen LogP) is 7.24. The van der Waals surface area contributed by atoms with Gasteiger partial charge in [-0.3, -0.25) is 9.69 Å². The van der Waals surface area contributed by atoms with Crippen LogP contribution in [0, 0.1) is 0 Å². The van der Waals surface area contributed by atoms with E-state index in [9.17, 15) is 9.90 Å². The fourth-order valence-electron chi connectivity index (χ4n) is 5.26. The highest BCUT2D eigenvalue weighted by atomic mass is 16.5. The number of carbonyl (C=O) groups excluding carboxylic acids is 1. The Balaban J connectivity index is 1.42. The molecule has 186 valence electrons. The number of anilines is 1. The van der Waals surface area contributed by atoms with Gasteiger partial charge in [0.1, 0.15) is 18.1 Å². The first-order valence-electron chi connectivity index (χ1n) is 12.7. The molecule has 0 aromatic heterocycles. The van der Waals surface area contributed by atoms with Gasteiger partial charge in [0.05, 0.1) is 12.0 Å². The molecular formula is C34H27NO3. The van der Waals surface area contributed by atoms with Crippen LogP contribution in [-0.4, -0.2) is 11.0 Å². The molecule has 6 rings (SSSR count). The number of ether oxygens (including phenoxy) is 1. The van der Waals surface area contributed by atoms with Gasteiger partial charge in [0.2, 0.25) is 5.91 Å². The Labute approximate surface area is 222 Å². The molecule has 0 bridgehead atoms. The minimum atomic E-state index is -0.651. The summed E-state index contributed by atoms with van der Waals surface area (Å²) < 4.78 is 6.05. The molecule has 0 saturated carbocycles. The molecule has 0 saturated heterocycles. The van der Waals surface area contributed by atoms with Gasteiger partial charge in [-0.15, -0.1) is 0 Å². The van der Waals surface area contributed by atoms with Gasteiger partial charge in [0.25, 0.3) is 0 Å². The summed E-state index contributed by atoms with van der Waals surface area (Å²) in [4.78, 5) is 16.2. The van der Waals surface area contributed by atoms with Crippen LogP contribution in [0.4, 0.5) is 5.69 Å². The van der Waals surface area contributed by atoms with Crippen LogP contribution in [-0.2, 0) is 11.4 Å². The van der Waals surface area contributed by atoms with Crippen molar-refractivity contribution < 1.29 is 14.6 Å². The van der Waals surface area contributed by atoms with Gasteiger partial charge in [0.15, 0.2) is 0 Å². The van der Waals surface area contributed by atoms with Crippen LogP contribution in [0.3, 0.4) is 0 Å². The largest absolute Gasteiger partial charge is 0.508 e. The highest BCUT2D eigenvalue weighted by Crippen LogP contribution is 2.48. The molecule has 0 aliphatic carbocycles. The summed E-state index contributed by atoms with van der Waals surface area (Å²) in [5, 5.41) is 11.0. The van der Waals surface area contributed by atoms with Crippen LogP contribution >= 0.6 is 0 Å². The fraction of sp³-hybridized carbons (Fsp3) is 0.0882. The summed E-state index contributed by atoms with van der Waals surface area (Å²) >= 11 is 0. The molecule has 1 atom stereocenters. The number of rotatable bonds is 7. The van der Waals surface area contributed by atoms with Gasteiger partial charge in [-0.2, -0.15) is 0 Å². The van der Waals surface area contributed by atoms with E-state index in [4.69, 9.17) is 4.74 Å². The van der Waals surface area contributed by atoms with Gasteiger partial charge in [0, 0.05) is 11.3 Å². The number of nitrogens with zero attached hydrogens (tertiary/aromatic N) is 1. The van der Waals surface area contributed by atoms with Crippen molar-refractivity contribution in [2.75, 3.05) is 4.90 Å². The molecule has 38 heavy (non-hydrogen) atoms. The normalized spacial score (nSPS) is 14.5. The number of fused-ring (bicyclic) bond motifs is 1. The lowest BCUT2D eigenvalue weighted by Crippen LogP contribution is -2.34. The second-order valence-corrected chi connectivity index (χ2v) is 9.42. The first kappa shape index (κ1) is 23.6. The lowest BCUT2D eigenvalue weighted by molar-refractivity contribution is -0.118. The summed E-state index contributed by atoms with van der Waals surface area (Å²) in [5.41, 5.74) is 5.33. The molecular weight excluding hydrogens is 470 g/mol. The van der Waals surface area contributed by atoms with Crippen molar-refractivity contribution in [1.29, 1.82) is 0 Å². The minimum Gasteiger partial charge on any atom is -0.508 e. The molecule has 1 heterocycles. The monoisotopic (exact) mass is 497 g/mol. The lowest BCUT2D eigenvalue weighted by Gasteiger charge is -2.30. The molecule has 1 unspecified atom stereocenters. The molecule has 1 aliphatic heterocycles. The van der Waals surface area contributed by atoms with Crippen molar-refractivity contribution in [3.63, 3.8) is 0 Å². The summed E-state index contributed by atoms with van der Waals surface area (Å²) in [6, 6.07) is 42.7. The summed E-state index contributed by atoms with van der Waals surface area (Å²) in [5.74, 6) is -0.0584. The van der Waals surface area contributed by atoms with Crippen LogP contribution in [0.5, 0.6) is 11.5 Å². The van der Waals surface area contributed by atoms with Crippen LogP contribution in [0.15, 0.2) is 133 Å². The van der Waals surface area contributed by atoms with Crippen LogP contribution in [0.1, 0.15) is 39.8 Å². The smallest absolute Gasteiger partial charge is 0.240 e. The molecule has 1 amide bonds. The lowest BCUT2D eigenvalue weighted by atomic mass is 9.91. The predicted molar refractivity (Wildman–Crippen MR) is 149 cm³/mol. The number of aromatic hydroxyl groups is 1. The second-order valence-electron chi connectivity index (χ2n) is 9.42. The molecule has 0 fully saturated rings. The zero-order valence-corrected chi connectivity index (χ0v) is 20.8. The molecule has 0 radical (unpaired) electrons. The van der Waals surface area contributed by atoms with Crippen molar-refractivity contribution in [2.24, 2.45) is 0 Å². The van der Waals surface area contributed by atoms with Crippen molar-refractivity contribution in [1.82, 2.24) is 0 Å². The van der Waals surface area contributed by atoms with E-state index in [2.05, 4.69) is 24.3 Å². The number of hydrogen-bond acceptors (Lipinski definition) is 3. The van der Waals surface area contributed by atoms with Crippen LogP contribution in [0.2, 0.25) is 0 Å². The van der Waals surface area contributed by atoms with Crippen molar-refractivity contribution in [3.05, 3.63) is 161 Å². The average Bonchev–Trinajstić information content (AvgIpc) is 3.26.